The summed E-state index contributed by atoms with van der Waals surface area (Å²) in [4.78, 5) is 16.6. The minimum Gasteiger partial charge on any atom is -0.353 e. The number of carbonyl (C=O) groups excluding carboxylic acids is 1. The zero-order valence-corrected chi connectivity index (χ0v) is 12.7. The number of anilines is 2. The van der Waals surface area contributed by atoms with E-state index in [0.717, 1.165) is 11.4 Å². The molecular weight excluding hydrogens is 260 g/mol. The molecule has 0 bridgehead atoms. The molecule has 2 aromatic rings. The van der Waals surface area contributed by atoms with Gasteiger partial charge in [0.25, 0.3) is 0 Å². The molecule has 1 amide bonds. The maximum atomic E-state index is 12.5. The van der Waals surface area contributed by atoms with Crippen molar-refractivity contribution in [1.82, 2.24) is 0 Å². The summed E-state index contributed by atoms with van der Waals surface area (Å²) in [5.74, 6) is 0.168. The summed E-state index contributed by atoms with van der Waals surface area (Å²) in [6, 6.07) is 20.1. The Morgan fingerprint density at radius 2 is 1.48 bits per heavy atom. The van der Waals surface area contributed by atoms with Crippen molar-refractivity contribution in [2.24, 2.45) is 5.41 Å². The van der Waals surface area contributed by atoms with E-state index in [4.69, 9.17) is 0 Å². The van der Waals surface area contributed by atoms with Crippen LogP contribution in [0.2, 0.25) is 0 Å². The molecule has 21 heavy (non-hydrogen) atoms. The molecule has 1 aliphatic rings. The number of β-lactam (4-membered cyclic amide) rings is 1. The first-order valence-electron chi connectivity index (χ1n) is 7.20. The zero-order valence-electron chi connectivity index (χ0n) is 12.7. The predicted molar refractivity (Wildman–Crippen MR) is 86.3 cm³/mol. The highest BCUT2D eigenvalue weighted by atomic mass is 16.2. The quantitative estimate of drug-likeness (QED) is 0.803. The number of para-hydroxylation sites is 2. The Labute approximate surface area is 125 Å². The molecule has 1 saturated heterocycles. The van der Waals surface area contributed by atoms with Crippen molar-refractivity contribution in [2.75, 3.05) is 16.8 Å². The Hall–Kier alpha value is -2.29. The number of nitrogens with zero attached hydrogens (tertiary/aromatic N) is 2. The number of hydrogen-bond donors (Lipinski definition) is 0. The van der Waals surface area contributed by atoms with Crippen molar-refractivity contribution in [3.05, 3.63) is 60.7 Å². The van der Waals surface area contributed by atoms with Crippen molar-refractivity contribution < 1.29 is 4.79 Å². The van der Waals surface area contributed by atoms with Crippen LogP contribution < -0.4 is 9.80 Å². The summed E-state index contributed by atoms with van der Waals surface area (Å²) in [6.07, 6.45) is 0.0230. The molecule has 3 heteroatoms. The monoisotopic (exact) mass is 280 g/mol. The third kappa shape index (κ3) is 2.09. The van der Waals surface area contributed by atoms with Gasteiger partial charge in [0.2, 0.25) is 5.91 Å². The van der Waals surface area contributed by atoms with Gasteiger partial charge in [-0.05, 0) is 38.1 Å². The smallest absolute Gasteiger partial charge is 0.238 e. The average Bonchev–Trinajstić information content (AvgIpc) is 2.53. The molecule has 2 aromatic carbocycles. The first-order chi connectivity index (χ1) is 10.0. The number of rotatable bonds is 3. The van der Waals surface area contributed by atoms with Gasteiger partial charge in [0.1, 0.15) is 6.17 Å². The van der Waals surface area contributed by atoms with Crippen LogP contribution in [0.25, 0.3) is 0 Å². The van der Waals surface area contributed by atoms with Crippen molar-refractivity contribution in [1.29, 1.82) is 0 Å². The van der Waals surface area contributed by atoms with Gasteiger partial charge in [0, 0.05) is 18.4 Å². The molecule has 0 aliphatic carbocycles. The van der Waals surface area contributed by atoms with Crippen LogP contribution in [0, 0.1) is 5.41 Å². The molecule has 1 fully saturated rings. The molecule has 0 saturated carbocycles. The minimum atomic E-state index is -0.388. The first-order valence-corrected chi connectivity index (χ1v) is 7.20. The maximum Gasteiger partial charge on any atom is 0.238 e. The van der Waals surface area contributed by atoms with Crippen molar-refractivity contribution >= 4 is 17.3 Å². The van der Waals surface area contributed by atoms with E-state index in [1.54, 1.807) is 0 Å². The van der Waals surface area contributed by atoms with E-state index < -0.39 is 0 Å². The van der Waals surface area contributed by atoms with E-state index in [1.807, 2.05) is 74.3 Å². The second-order valence-electron chi connectivity index (χ2n) is 6.05. The Kier molecular flexibility index (Phi) is 3.20. The third-order valence-corrected chi connectivity index (χ3v) is 4.22. The minimum absolute atomic E-state index is 0.0230. The van der Waals surface area contributed by atoms with Gasteiger partial charge in [-0.15, -0.1) is 0 Å². The molecule has 0 N–H and O–H groups in total. The summed E-state index contributed by atoms with van der Waals surface area (Å²) in [5.41, 5.74) is 1.68. The van der Waals surface area contributed by atoms with Crippen molar-refractivity contribution in [3.63, 3.8) is 0 Å². The highest BCUT2D eigenvalue weighted by molar-refractivity contribution is 6.06. The lowest BCUT2D eigenvalue weighted by molar-refractivity contribution is -0.136. The lowest BCUT2D eigenvalue weighted by Crippen LogP contribution is -2.72. The summed E-state index contributed by atoms with van der Waals surface area (Å²) < 4.78 is 0. The fourth-order valence-corrected chi connectivity index (χ4v) is 3.10. The Morgan fingerprint density at radius 1 is 0.952 bits per heavy atom. The second-order valence-corrected chi connectivity index (χ2v) is 6.05. The van der Waals surface area contributed by atoms with Crippen LogP contribution in [0.15, 0.2) is 60.7 Å². The molecule has 1 unspecified atom stereocenters. The fraction of sp³-hybridized carbons (Fsp3) is 0.278. The molecular formula is C18H20N2O. The van der Waals surface area contributed by atoms with Gasteiger partial charge in [-0.1, -0.05) is 36.4 Å². The fourth-order valence-electron chi connectivity index (χ4n) is 3.10. The second kappa shape index (κ2) is 4.92. The molecule has 1 aliphatic heterocycles. The van der Waals surface area contributed by atoms with Crippen LogP contribution in [0.3, 0.4) is 0 Å². The molecule has 3 rings (SSSR count). The van der Waals surface area contributed by atoms with Crippen LogP contribution >= 0.6 is 0 Å². The zero-order chi connectivity index (χ0) is 15.0. The lowest BCUT2D eigenvalue weighted by Gasteiger charge is -2.56. The van der Waals surface area contributed by atoms with Crippen LogP contribution in [0.1, 0.15) is 13.8 Å². The Bertz CT molecular complexity index is 637. The number of carbonyl (C=O) groups is 1. The van der Waals surface area contributed by atoms with Gasteiger partial charge >= 0.3 is 0 Å². The van der Waals surface area contributed by atoms with Gasteiger partial charge in [0.15, 0.2) is 0 Å². The van der Waals surface area contributed by atoms with Gasteiger partial charge in [-0.3, -0.25) is 9.69 Å². The maximum absolute atomic E-state index is 12.5. The van der Waals surface area contributed by atoms with Crippen LogP contribution in [-0.4, -0.2) is 19.1 Å². The molecule has 108 valence electrons. The Balaban J connectivity index is 1.96. The van der Waals surface area contributed by atoms with Crippen LogP contribution in [-0.2, 0) is 4.79 Å². The van der Waals surface area contributed by atoms with E-state index in [2.05, 4.69) is 17.0 Å². The largest absolute Gasteiger partial charge is 0.353 e. The van der Waals surface area contributed by atoms with E-state index in [1.165, 1.54) is 0 Å². The topological polar surface area (TPSA) is 23.6 Å². The number of amides is 1. The predicted octanol–water partition coefficient (Wildman–Crippen LogP) is 3.52. The summed E-state index contributed by atoms with van der Waals surface area (Å²) >= 11 is 0. The van der Waals surface area contributed by atoms with Crippen molar-refractivity contribution in [2.45, 2.75) is 20.0 Å². The highest BCUT2D eigenvalue weighted by Crippen LogP contribution is 2.44. The summed E-state index contributed by atoms with van der Waals surface area (Å²) in [6.45, 7) is 4.03. The molecule has 0 radical (unpaired) electrons. The molecule has 0 aromatic heterocycles. The Morgan fingerprint density at radius 3 is 2.05 bits per heavy atom. The van der Waals surface area contributed by atoms with Gasteiger partial charge in [-0.25, -0.2) is 0 Å². The van der Waals surface area contributed by atoms with Gasteiger partial charge in [0.05, 0.1) is 5.41 Å². The molecule has 1 heterocycles. The summed E-state index contributed by atoms with van der Waals surface area (Å²) in [7, 11) is 2.05. The van der Waals surface area contributed by atoms with Crippen LogP contribution in [0.4, 0.5) is 11.4 Å². The number of hydrogen-bond acceptors (Lipinski definition) is 2. The average molecular weight is 280 g/mol. The van der Waals surface area contributed by atoms with Gasteiger partial charge < -0.3 is 4.90 Å². The first kappa shape index (κ1) is 13.7. The highest BCUT2D eigenvalue weighted by Gasteiger charge is 2.56. The van der Waals surface area contributed by atoms with Crippen molar-refractivity contribution in [3.8, 4) is 0 Å². The molecule has 1 atom stereocenters. The normalized spacial score (nSPS) is 20.0. The SMILES string of the molecule is CN(c1ccccc1)C1N(c2ccccc2)C(=O)C1(C)C. The third-order valence-electron chi connectivity index (χ3n) is 4.22. The standard InChI is InChI=1S/C18H20N2O/c1-18(2)16(19(3)14-10-6-4-7-11-14)20(17(18)21)15-12-8-5-9-13-15/h4-13,16H,1-3H3. The van der Waals surface area contributed by atoms with E-state index in [-0.39, 0.29) is 17.5 Å². The lowest BCUT2D eigenvalue weighted by atomic mass is 9.77. The van der Waals surface area contributed by atoms with E-state index in [0.29, 0.717) is 0 Å². The molecule has 0 spiro atoms. The number of benzene rings is 2. The van der Waals surface area contributed by atoms with Gasteiger partial charge in [-0.2, -0.15) is 0 Å². The van der Waals surface area contributed by atoms with Crippen LogP contribution in [0.5, 0.6) is 0 Å². The van der Waals surface area contributed by atoms with E-state index in [9.17, 15) is 4.79 Å². The summed E-state index contributed by atoms with van der Waals surface area (Å²) in [5, 5.41) is 0. The van der Waals surface area contributed by atoms with E-state index >= 15 is 0 Å². The molecule has 3 nitrogen and oxygen atoms in total.